The lowest BCUT2D eigenvalue weighted by molar-refractivity contribution is 0.262. The summed E-state index contributed by atoms with van der Waals surface area (Å²) in [5.41, 5.74) is 1.07. The number of nitrogens with one attached hydrogen (secondary N) is 3. The summed E-state index contributed by atoms with van der Waals surface area (Å²) in [6.45, 7) is 2.20. The molecule has 20 heavy (non-hydrogen) atoms. The van der Waals surface area contributed by atoms with E-state index in [-0.39, 0.29) is 6.03 Å². The SMILES string of the molecule is COc1cnc(NC(=O)Nc2cc(C3CC3C)[nH]n2)s1. The molecule has 8 heteroatoms. The van der Waals surface area contributed by atoms with Gasteiger partial charge in [0.25, 0.3) is 0 Å². The van der Waals surface area contributed by atoms with Crippen LogP contribution in [0.4, 0.5) is 15.7 Å². The molecule has 0 aromatic carbocycles. The van der Waals surface area contributed by atoms with Gasteiger partial charge < -0.3 is 4.74 Å². The third-order valence-corrected chi connectivity index (χ3v) is 4.13. The zero-order chi connectivity index (χ0) is 14.1. The lowest BCUT2D eigenvalue weighted by Crippen LogP contribution is -2.19. The standard InChI is InChI=1S/C12H15N5O2S/c1-6-3-7(6)8-4-9(17-16-8)14-11(18)15-12-13-5-10(19-2)20-12/h4-7H,3H2,1-2H3,(H3,13,14,15,16,17,18). The molecular weight excluding hydrogens is 278 g/mol. The maximum atomic E-state index is 11.8. The first-order chi connectivity index (χ1) is 9.65. The molecule has 2 amide bonds. The fraction of sp³-hybridized carbons (Fsp3) is 0.417. The molecule has 3 N–H and O–H groups in total. The summed E-state index contributed by atoms with van der Waals surface area (Å²) in [4.78, 5) is 15.8. The molecule has 106 valence electrons. The number of thiazole rings is 1. The fourth-order valence-corrected chi connectivity index (χ4v) is 2.63. The van der Waals surface area contributed by atoms with E-state index in [4.69, 9.17) is 4.74 Å². The van der Waals surface area contributed by atoms with Crippen molar-refractivity contribution in [3.05, 3.63) is 18.0 Å². The summed E-state index contributed by atoms with van der Waals surface area (Å²) in [6.07, 6.45) is 2.73. The van der Waals surface area contributed by atoms with E-state index in [1.54, 1.807) is 13.3 Å². The molecule has 2 unspecified atom stereocenters. The molecule has 0 spiro atoms. The Morgan fingerprint density at radius 1 is 1.55 bits per heavy atom. The van der Waals surface area contributed by atoms with E-state index in [2.05, 4.69) is 32.7 Å². The molecule has 0 radical (unpaired) electrons. The van der Waals surface area contributed by atoms with E-state index in [0.717, 1.165) is 5.69 Å². The van der Waals surface area contributed by atoms with Crippen LogP contribution in [0.1, 0.15) is 25.0 Å². The van der Waals surface area contributed by atoms with Crippen molar-refractivity contribution in [2.24, 2.45) is 5.92 Å². The Bertz CT molecular complexity index is 623. The van der Waals surface area contributed by atoms with Gasteiger partial charge in [0.05, 0.1) is 13.3 Å². The predicted molar refractivity (Wildman–Crippen MR) is 76.4 cm³/mol. The van der Waals surface area contributed by atoms with Crippen molar-refractivity contribution in [2.45, 2.75) is 19.3 Å². The number of methoxy groups -OCH3 is 1. The summed E-state index contributed by atoms with van der Waals surface area (Å²) in [7, 11) is 1.56. The number of carbonyl (C=O) groups excluding carboxylic acids is 1. The Hall–Kier alpha value is -2.09. The number of aromatic amines is 1. The minimum Gasteiger partial charge on any atom is -0.486 e. The average molecular weight is 293 g/mol. The maximum absolute atomic E-state index is 11.8. The number of carbonyl (C=O) groups is 1. The topological polar surface area (TPSA) is 91.9 Å². The molecule has 2 atom stereocenters. The van der Waals surface area contributed by atoms with Crippen molar-refractivity contribution in [3.8, 4) is 5.06 Å². The molecule has 2 heterocycles. The molecule has 2 aromatic rings. The first kappa shape index (κ1) is 12.9. The predicted octanol–water partition coefficient (Wildman–Crippen LogP) is 2.64. The Balaban J connectivity index is 1.57. The number of H-pyrrole nitrogens is 1. The van der Waals surface area contributed by atoms with E-state index >= 15 is 0 Å². The molecule has 0 saturated heterocycles. The van der Waals surface area contributed by atoms with Gasteiger partial charge >= 0.3 is 6.03 Å². The van der Waals surface area contributed by atoms with Crippen molar-refractivity contribution in [2.75, 3.05) is 17.7 Å². The summed E-state index contributed by atoms with van der Waals surface area (Å²) >= 11 is 1.26. The number of nitrogens with zero attached hydrogens (tertiary/aromatic N) is 2. The molecule has 7 nitrogen and oxygen atoms in total. The molecule has 1 aliphatic carbocycles. The van der Waals surface area contributed by atoms with E-state index in [1.807, 2.05) is 6.07 Å². The Morgan fingerprint density at radius 3 is 3.00 bits per heavy atom. The first-order valence-corrected chi connectivity index (χ1v) is 7.10. The second kappa shape index (κ2) is 5.12. The van der Waals surface area contributed by atoms with Gasteiger partial charge in [0.2, 0.25) is 0 Å². The first-order valence-electron chi connectivity index (χ1n) is 6.29. The highest BCUT2D eigenvalue weighted by molar-refractivity contribution is 7.17. The van der Waals surface area contributed by atoms with Gasteiger partial charge in [-0.15, -0.1) is 0 Å². The van der Waals surface area contributed by atoms with Gasteiger partial charge in [-0.1, -0.05) is 18.3 Å². The van der Waals surface area contributed by atoms with Crippen LogP contribution in [0, 0.1) is 5.92 Å². The lowest BCUT2D eigenvalue weighted by Gasteiger charge is -2.01. The van der Waals surface area contributed by atoms with Crippen LogP contribution in [-0.4, -0.2) is 28.3 Å². The van der Waals surface area contributed by atoms with Crippen LogP contribution >= 0.6 is 11.3 Å². The number of aromatic nitrogens is 3. The molecule has 1 aliphatic rings. The normalized spacial score (nSPS) is 20.5. The Labute approximate surface area is 119 Å². The third-order valence-electron chi connectivity index (χ3n) is 3.25. The van der Waals surface area contributed by atoms with Crippen LogP contribution in [0.2, 0.25) is 0 Å². The van der Waals surface area contributed by atoms with Crippen LogP contribution in [0.15, 0.2) is 12.3 Å². The third kappa shape index (κ3) is 2.74. The van der Waals surface area contributed by atoms with E-state index in [1.165, 1.54) is 17.8 Å². The number of amides is 2. The van der Waals surface area contributed by atoms with Crippen molar-refractivity contribution in [1.29, 1.82) is 0 Å². The van der Waals surface area contributed by atoms with Crippen LogP contribution in [0.3, 0.4) is 0 Å². The summed E-state index contributed by atoms with van der Waals surface area (Å²) in [5.74, 6) is 1.75. The van der Waals surface area contributed by atoms with Gasteiger partial charge in [-0.2, -0.15) is 5.10 Å². The zero-order valence-corrected chi connectivity index (χ0v) is 12.0. The lowest BCUT2D eigenvalue weighted by atomic mass is 10.2. The van der Waals surface area contributed by atoms with Crippen molar-refractivity contribution in [1.82, 2.24) is 15.2 Å². The number of hydrogen-bond acceptors (Lipinski definition) is 5. The molecule has 0 aliphatic heterocycles. The van der Waals surface area contributed by atoms with Crippen LogP contribution < -0.4 is 15.4 Å². The minimum atomic E-state index is -0.371. The van der Waals surface area contributed by atoms with Crippen molar-refractivity contribution in [3.63, 3.8) is 0 Å². The Kier molecular flexibility index (Phi) is 3.31. The monoisotopic (exact) mass is 293 g/mol. The highest BCUT2D eigenvalue weighted by Crippen LogP contribution is 2.46. The maximum Gasteiger partial charge on any atom is 0.326 e. The van der Waals surface area contributed by atoms with Gasteiger partial charge in [-0.25, -0.2) is 9.78 Å². The van der Waals surface area contributed by atoms with Crippen LogP contribution in [0.25, 0.3) is 0 Å². The number of ether oxygens (including phenoxy) is 1. The average Bonchev–Trinajstić information content (AvgIpc) is 2.82. The van der Waals surface area contributed by atoms with Crippen LogP contribution in [0.5, 0.6) is 5.06 Å². The minimum absolute atomic E-state index is 0.371. The van der Waals surface area contributed by atoms with Crippen LogP contribution in [-0.2, 0) is 0 Å². The van der Waals surface area contributed by atoms with Gasteiger partial charge in [-0.05, 0) is 12.3 Å². The van der Waals surface area contributed by atoms with Crippen molar-refractivity contribution >= 4 is 28.3 Å². The molecular formula is C12H15N5O2S. The quantitative estimate of drug-likeness (QED) is 0.808. The second-order valence-corrected chi connectivity index (χ2v) is 5.79. The van der Waals surface area contributed by atoms with Gasteiger partial charge in [0.1, 0.15) is 0 Å². The summed E-state index contributed by atoms with van der Waals surface area (Å²) < 4.78 is 5.01. The van der Waals surface area contributed by atoms with E-state index in [9.17, 15) is 4.79 Å². The highest BCUT2D eigenvalue weighted by atomic mass is 32.1. The van der Waals surface area contributed by atoms with Gasteiger partial charge in [0.15, 0.2) is 16.0 Å². The summed E-state index contributed by atoms with van der Waals surface area (Å²) in [6, 6.07) is 1.50. The number of rotatable bonds is 4. The molecule has 1 saturated carbocycles. The molecule has 1 fully saturated rings. The van der Waals surface area contributed by atoms with Gasteiger partial charge in [-0.3, -0.25) is 15.7 Å². The number of anilines is 2. The fourth-order valence-electron chi connectivity index (χ4n) is 2.00. The summed E-state index contributed by atoms with van der Waals surface area (Å²) in [5, 5.41) is 13.5. The smallest absolute Gasteiger partial charge is 0.326 e. The van der Waals surface area contributed by atoms with Gasteiger partial charge in [0, 0.05) is 17.7 Å². The second-order valence-electron chi connectivity index (χ2n) is 4.80. The highest BCUT2D eigenvalue weighted by Gasteiger charge is 2.35. The van der Waals surface area contributed by atoms with E-state index in [0.29, 0.717) is 27.8 Å². The molecule has 2 aromatic heterocycles. The van der Waals surface area contributed by atoms with E-state index < -0.39 is 0 Å². The largest absolute Gasteiger partial charge is 0.486 e. The zero-order valence-electron chi connectivity index (χ0n) is 11.1. The molecule has 0 bridgehead atoms. The number of urea groups is 1. The number of hydrogen-bond donors (Lipinski definition) is 3. The van der Waals surface area contributed by atoms with Crippen molar-refractivity contribution < 1.29 is 9.53 Å². The Morgan fingerprint density at radius 2 is 2.35 bits per heavy atom. The molecule has 3 rings (SSSR count).